The van der Waals surface area contributed by atoms with E-state index in [1.54, 1.807) is 0 Å². The molecular weight excluding hydrogens is 212 g/mol. The Kier molecular flexibility index (Phi) is 3.90. The summed E-state index contributed by atoms with van der Waals surface area (Å²) in [6.45, 7) is 5.06. The third-order valence-corrected chi connectivity index (χ3v) is 2.79. The summed E-state index contributed by atoms with van der Waals surface area (Å²) in [4.78, 5) is 11.1. The number of carbonyl (C=O) groups is 1. The van der Waals surface area contributed by atoms with Gasteiger partial charge in [0.1, 0.15) is 10.6 Å². The van der Waals surface area contributed by atoms with Crippen LogP contribution >= 0.6 is 11.5 Å². The maximum atomic E-state index is 11.1. The van der Waals surface area contributed by atoms with Crippen molar-refractivity contribution in [1.29, 1.82) is 0 Å². The summed E-state index contributed by atoms with van der Waals surface area (Å²) >= 11 is 1.17. The van der Waals surface area contributed by atoms with Gasteiger partial charge in [-0.15, -0.1) is 0 Å². The van der Waals surface area contributed by atoms with Gasteiger partial charge in [-0.05, 0) is 23.9 Å². The second-order valence-electron chi connectivity index (χ2n) is 3.75. The van der Waals surface area contributed by atoms with E-state index in [9.17, 15) is 4.79 Å². The average Bonchev–Trinajstić information content (AvgIpc) is 2.46. The first-order chi connectivity index (χ1) is 7.02. The minimum atomic E-state index is -0.534. The number of nitrogen functional groups attached to an aromatic ring is 1. The molecule has 0 aliphatic heterocycles. The Bertz CT molecular complexity index is 348. The van der Waals surface area contributed by atoms with Crippen molar-refractivity contribution in [1.82, 2.24) is 4.37 Å². The smallest absolute Gasteiger partial charge is 0.255 e. The highest BCUT2D eigenvalue weighted by atomic mass is 32.1. The summed E-state index contributed by atoms with van der Waals surface area (Å²) in [6, 6.07) is 0. The van der Waals surface area contributed by atoms with Crippen LogP contribution in [-0.2, 0) is 0 Å². The number of rotatable bonds is 5. The van der Waals surface area contributed by atoms with Gasteiger partial charge in [0.05, 0.1) is 0 Å². The molecule has 15 heavy (non-hydrogen) atoms. The molecule has 1 heterocycles. The van der Waals surface area contributed by atoms with Gasteiger partial charge < -0.3 is 16.8 Å². The van der Waals surface area contributed by atoms with Crippen LogP contribution in [0.1, 0.15) is 30.6 Å². The van der Waals surface area contributed by atoms with Crippen molar-refractivity contribution in [3.8, 4) is 0 Å². The van der Waals surface area contributed by atoms with E-state index in [1.165, 1.54) is 11.5 Å². The van der Waals surface area contributed by atoms with Gasteiger partial charge in [0, 0.05) is 6.54 Å². The van der Waals surface area contributed by atoms with E-state index < -0.39 is 5.91 Å². The van der Waals surface area contributed by atoms with Crippen molar-refractivity contribution in [2.75, 3.05) is 17.6 Å². The van der Waals surface area contributed by atoms with Crippen LogP contribution in [0.4, 0.5) is 10.8 Å². The van der Waals surface area contributed by atoms with Gasteiger partial charge in [-0.3, -0.25) is 4.79 Å². The van der Waals surface area contributed by atoms with E-state index in [0.29, 0.717) is 16.5 Å². The number of amides is 1. The zero-order chi connectivity index (χ0) is 11.4. The zero-order valence-electron chi connectivity index (χ0n) is 8.91. The van der Waals surface area contributed by atoms with Crippen LogP contribution in [0.3, 0.4) is 0 Å². The Hall–Kier alpha value is -1.30. The number of aromatic nitrogens is 1. The van der Waals surface area contributed by atoms with Crippen molar-refractivity contribution in [3.05, 3.63) is 5.56 Å². The standard InChI is InChI=1S/C9H16N4OS/c1-5(2)3-4-12-9-6(8(11)14)7(10)13-15-9/h5,12H,3-4H2,1-2H3,(H2,10,13)(H2,11,14). The molecule has 0 bridgehead atoms. The Balaban J connectivity index is 2.65. The first kappa shape index (κ1) is 11.8. The molecule has 0 saturated carbocycles. The summed E-state index contributed by atoms with van der Waals surface area (Å²) < 4.78 is 3.89. The molecule has 0 unspecified atom stereocenters. The molecule has 1 aromatic heterocycles. The molecule has 5 N–H and O–H groups in total. The first-order valence-electron chi connectivity index (χ1n) is 4.81. The summed E-state index contributed by atoms with van der Waals surface area (Å²) in [5.41, 5.74) is 11.0. The SMILES string of the molecule is CC(C)CCNc1snc(N)c1C(N)=O. The quantitative estimate of drug-likeness (QED) is 0.707. The molecular formula is C9H16N4OS. The Morgan fingerprint density at radius 2 is 2.27 bits per heavy atom. The lowest BCUT2D eigenvalue weighted by Crippen LogP contribution is -2.15. The van der Waals surface area contributed by atoms with Crippen molar-refractivity contribution in [3.63, 3.8) is 0 Å². The van der Waals surface area contributed by atoms with Crippen molar-refractivity contribution in [2.24, 2.45) is 11.7 Å². The molecule has 1 amide bonds. The molecule has 0 fully saturated rings. The van der Waals surface area contributed by atoms with Crippen LogP contribution in [0.5, 0.6) is 0 Å². The molecule has 1 rings (SSSR count). The summed E-state index contributed by atoms with van der Waals surface area (Å²) in [5, 5.41) is 3.79. The second kappa shape index (κ2) is 4.97. The lowest BCUT2D eigenvalue weighted by molar-refractivity contribution is 0.100. The fourth-order valence-corrected chi connectivity index (χ4v) is 1.88. The summed E-state index contributed by atoms with van der Waals surface area (Å²) in [6.07, 6.45) is 1.02. The summed E-state index contributed by atoms with van der Waals surface area (Å²) in [5.74, 6) is 0.285. The van der Waals surface area contributed by atoms with Crippen LogP contribution in [-0.4, -0.2) is 16.8 Å². The number of hydrogen-bond donors (Lipinski definition) is 3. The molecule has 6 heteroatoms. The monoisotopic (exact) mass is 228 g/mol. The fraction of sp³-hybridized carbons (Fsp3) is 0.556. The van der Waals surface area contributed by atoms with E-state index in [1.807, 2.05) is 0 Å². The van der Waals surface area contributed by atoms with Gasteiger partial charge in [-0.25, -0.2) is 0 Å². The lowest BCUT2D eigenvalue weighted by atomic mass is 10.1. The highest BCUT2D eigenvalue weighted by molar-refractivity contribution is 7.11. The molecule has 1 aromatic rings. The van der Waals surface area contributed by atoms with Gasteiger partial charge in [0.15, 0.2) is 5.82 Å². The maximum Gasteiger partial charge on any atom is 0.255 e. The van der Waals surface area contributed by atoms with E-state index in [2.05, 4.69) is 23.5 Å². The molecule has 0 atom stereocenters. The van der Waals surface area contributed by atoms with E-state index in [4.69, 9.17) is 11.5 Å². The average molecular weight is 228 g/mol. The third kappa shape index (κ3) is 3.09. The van der Waals surface area contributed by atoms with Gasteiger partial charge in [0.2, 0.25) is 0 Å². The number of hydrogen-bond acceptors (Lipinski definition) is 5. The lowest BCUT2D eigenvalue weighted by Gasteiger charge is -2.06. The molecule has 0 spiro atoms. The molecule has 0 aliphatic carbocycles. The van der Waals surface area contributed by atoms with Gasteiger partial charge in [-0.2, -0.15) is 4.37 Å². The largest absolute Gasteiger partial charge is 0.382 e. The summed E-state index contributed by atoms with van der Waals surface area (Å²) in [7, 11) is 0. The van der Waals surface area contributed by atoms with Crippen LogP contribution in [0, 0.1) is 5.92 Å². The third-order valence-electron chi connectivity index (χ3n) is 1.97. The molecule has 0 radical (unpaired) electrons. The molecule has 5 nitrogen and oxygen atoms in total. The van der Waals surface area contributed by atoms with Crippen LogP contribution in [0.15, 0.2) is 0 Å². The predicted octanol–water partition coefficient (Wildman–Crippen LogP) is 1.28. The van der Waals surface area contributed by atoms with Crippen molar-refractivity contribution < 1.29 is 4.79 Å². The Labute approximate surface area is 93.0 Å². The van der Waals surface area contributed by atoms with Crippen molar-refractivity contribution >= 4 is 28.3 Å². The van der Waals surface area contributed by atoms with Crippen LogP contribution < -0.4 is 16.8 Å². The number of nitrogens with two attached hydrogens (primary N) is 2. The highest BCUT2D eigenvalue weighted by Crippen LogP contribution is 2.26. The Morgan fingerprint density at radius 1 is 1.60 bits per heavy atom. The predicted molar refractivity (Wildman–Crippen MR) is 63.0 cm³/mol. The molecule has 84 valence electrons. The van der Waals surface area contributed by atoms with Gasteiger partial charge in [-0.1, -0.05) is 13.8 Å². The highest BCUT2D eigenvalue weighted by Gasteiger charge is 2.15. The van der Waals surface area contributed by atoms with Gasteiger partial charge >= 0.3 is 0 Å². The number of carbonyl (C=O) groups excluding carboxylic acids is 1. The van der Waals surface area contributed by atoms with E-state index in [-0.39, 0.29) is 5.82 Å². The number of primary amides is 1. The van der Waals surface area contributed by atoms with Crippen LogP contribution in [0.2, 0.25) is 0 Å². The fourth-order valence-electron chi connectivity index (χ4n) is 1.14. The normalized spacial score (nSPS) is 10.6. The molecule has 0 saturated heterocycles. The van der Waals surface area contributed by atoms with Crippen molar-refractivity contribution in [2.45, 2.75) is 20.3 Å². The second-order valence-corrected chi connectivity index (χ2v) is 4.52. The topological polar surface area (TPSA) is 94.0 Å². The van der Waals surface area contributed by atoms with Gasteiger partial charge in [0.25, 0.3) is 5.91 Å². The Morgan fingerprint density at radius 3 is 2.80 bits per heavy atom. The maximum absolute atomic E-state index is 11.1. The van der Waals surface area contributed by atoms with Crippen LogP contribution in [0.25, 0.3) is 0 Å². The van der Waals surface area contributed by atoms with E-state index in [0.717, 1.165) is 13.0 Å². The molecule has 0 aliphatic rings. The zero-order valence-corrected chi connectivity index (χ0v) is 9.73. The molecule has 0 aromatic carbocycles. The minimum Gasteiger partial charge on any atom is -0.382 e. The minimum absolute atomic E-state index is 0.208. The number of nitrogens with one attached hydrogen (secondary N) is 1. The van der Waals surface area contributed by atoms with E-state index >= 15 is 0 Å². The number of nitrogens with zero attached hydrogens (tertiary/aromatic N) is 1. The number of anilines is 2. The first-order valence-corrected chi connectivity index (χ1v) is 5.58.